The summed E-state index contributed by atoms with van der Waals surface area (Å²) in [5.74, 6) is 2.72. The number of methoxy groups -OCH3 is 1. The molecule has 1 N–H and O–H groups in total. The number of hydrogen-bond acceptors (Lipinski definition) is 3. The number of hydrogen-bond donors (Lipinski definition) is 1. The first-order valence-corrected chi connectivity index (χ1v) is 14.2. The number of aliphatic hydroxyl groups is 1. The van der Waals surface area contributed by atoms with Crippen molar-refractivity contribution >= 4 is 5.97 Å². The van der Waals surface area contributed by atoms with E-state index >= 15 is 0 Å². The average molecular weight is 471 g/mol. The van der Waals surface area contributed by atoms with Crippen molar-refractivity contribution in [2.45, 2.75) is 112 Å². The lowest BCUT2D eigenvalue weighted by Crippen LogP contribution is -2.67. The van der Waals surface area contributed by atoms with Crippen LogP contribution in [-0.2, 0) is 9.53 Å². The fraction of sp³-hybridized carbons (Fsp3) is 0.903. The van der Waals surface area contributed by atoms with Crippen molar-refractivity contribution in [2.24, 2.45) is 56.7 Å². The number of rotatable bonds is 2. The Morgan fingerprint density at radius 2 is 1.56 bits per heavy atom. The summed E-state index contributed by atoms with van der Waals surface area (Å²) in [6.07, 6.45) is 11.1. The number of allylic oxidation sites excluding steroid dienone is 1. The molecule has 0 aromatic carbocycles. The van der Waals surface area contributed by atoms with Crippen molar-refractivity contribution in [3.8, 4) is 0 Å². The second-order valence-electron chi connectivity index (χ2n) is 14.7. The molecule has 0 radical (unpaired) electrons. The molecule has 0 spiro atoms. The summed E-state index contributed by atoms with van der Waals surface area (Å²) in [5, 5.41) is 10.9. The van der Waals surface area contributed by atoms with Gasteiger partial charge in [0, 0.05) is 0 Å². The van der Waals surface area contributed by atoms with Crippen LogP contribution < -0.4 is 0 Å². The Labute approximate surface area is 208 Å². The van der Waals surface area contributed by atoms with E-state index in [4.69, 9.17) is 4.74 Å². The highest BCUT2D eigenvalue weighted by molar-refractivity contribution is 5.78. The zero-order valence-corrected chi connectivity index (χ0v) is 23.0. The third kappa shape index (κ3) is 2.83. The largest absolute Gasteiger partial charge is 0.469 e. The van der Waals surface area contributed by atoms with Gasteiger partial charge in [-0.2, -0.15) is 0 Å². The van der Waals surface area contributed by atoms with E-state index in [1.54, 1.807) is 7.11 Å². The molecule has 5 saturated carbocycles. The van der Waals surface area contributed by atoms with E-state index in [9.17, 15) is 9.90 Å². The third-order valence-electron chi connectivity index (χ3n) is 13.6. The second-order valence-corrected chi connectivity index (χ2v) is 14.7. The van der Waals surface area contributed by atoms with Crippen molar-refractivity contribution in [3.63, 3.8) is 0 Å². The molecule has 0 saturated heterocycles. The Morgan fingerprint density at radius 3 is 2.21 bits per heavy atom. The van der Waals surface area contributed by atoms with Gasteiger partial charge in [0.05, 0.1) is 18.6 Å². The van der Waals surface area contributed by atoms with Crippen LogP contribution in [0.15, 0.2) is 12.2 Å². The molecule has 5 unspecified atom stereocenters. The van der Waals surface area contributed by atoms with Crippen LogP contribution in [0.25, 0.3) is 0 Å². The molecule has 5 aliphatic rings. The van der Waals surface area contributed by atoms with Crippen molar-refractivity contribution in [3.05, 3.63) is 12.2 Å². The highest BCUT2D eigenvalue weighted by Crippen LogP contribution is 2.77. The van der Waals surface area contributed by atoms with Gasteiger partial charge < -0.3 is 9.84 Å². The Morgan fingerprint density at radius 1 is 0.853 bits per heavy atom. The molecule has 5 fully saturated rings. The minimum Gasteiger partial charge on any atom is -0.469 e. The first-order chi connectivity index (χ1) is 15.8. The van der Waals surface area contributed by atoms with Crippen LogP contribution in [0.5, 0.6) is 0 Å². The first-order valence-electron chi connectivity index (χ1n) is 14.2. The summed E-state index contributed by atoms with van der Waals surface area (Å²) in [6.45, 7) is 19.1. The van der Waals surface area contributed by atoms with Crippen molar-refractivity contribution in [1.82, 2.24) is 0 Å². The SMILES string of the molecule is C=C(C)C1CC[C@]2(C(=O)OC)CC[C@]3(C)C(CCC4[C@@]5(C)CC[C@H](O)C(C)(C)C5CC[C@]43C)C12. The minimum atomic E-state index is -0.302. The molecule has 0 amide bonds. The molecule has 192 valence electrons. The number of carbonyl (C=O) groups is 1. The van der Waals surface area contributed by atoms with Crippen LogP contribution in [0.4, 0.5) is 0 Å². The monoisotopic (exact) mass is 470 g/mol. The fourth-order valence-corrected chi connectivity index (χ4v) is 11.7. The van der Waals surface area contributed by atoms with Gasteiger partial charge in [-0.25, -0.2) is 0 Å². The van der Waals surface area contributed by atoms with Gasteiger partial charge in [0.25, 0.3) is 0 Å². The Hall–Kier alpha value is -0.830. The molecule has 34 heavy (non-hydrogen) atoms. The number of aliphatic hydroxyl groups excluding tert-OH is 1. The van der Waals surface area contributed by atoms with Gasteiger partial charge in [-0.05, 0) is 122 Å². The van der Waals surface area contributed by atoms with Crippen LogP contribution in [0.1, 0.15) is 106 Å². The van der Waals surface area contributed by atoms with E-state index in [1.807, 2.05) is 0 Å². The lowest BCUT2D eigenvalue weighted by atomic mass is 9.32. The molecule has 5 rings (SSSR count). The summed E-state index contributed by atoms with van der Waals surface area (Å²) in [4.78, 5) is 13.3. The summed E-state index contributed by atoms with van der Waals surface area (Å²) in [6, 6.07) is 0. The minimum absolute atomic E-state index is 0.00478. The molecule has 0 aromatic heterocycles. The summed E-state index contributed by atoms with van der Waals surface area (Å²) in [5.41, 5.74) is 1.78. The molecule has 0 aliphatic heterocycles. The third-order valence-corrected chi connectivity index (χ3v) is 13.6. The van der Waals surface area contributed by atoms with Gasteiger partial charge in [0.15, 0.2) is 0 Å². The van der Waals surface area contributed by atoms with Crippen LogP contribution >= 0.6 is 0 Å². The molecular weight excluding hydrogens is 420 g/mol. The Balaban J connectivity index is 1.56. The highest BCUT2D eigenvalue weighted by atomic mass is 16.5. The standard InChI is InChI=1S/C31H50O3/c1-19(2)20-11-16-31(26(33)34-8)18-17-29(6)21(25(20)31)9-10-23-28(5)14-13-24(32)27(3,4)22(28)12-15-30(23,29)7/h20-25,32H,1,9-18H2,2-8H3/t20?,21?,22?,23?,24-,25?,28-,29+,30+,31-/m0/s1. The number of ether oxygens (including phenoxy) is 1. The van der Waals surface area contributed by atoms with Gasteiger partial charge >= 0.3 is 5.97 Å². The molecule has 5 aliphatic carbocycles. The number of fused-ring (bicyclic) bond motifs is 7. The summed E-state index contributed by atoms with van der Waals surface area (Å²) >= 11 is 0. The smallest absolute Gasteiger partial charge is 0.312 e. The maximum Gasteiger partial charge on any atom is 0.312 e. The van der Waals surface area contributed by atoms with Crippen molar-refractivity contribution in [2.75, 3.05) is 7.11 Å². The molecule has 3 heteroatoms. The quantitative estimate of drug-likeness (QED) is 0.343. The topological polar surface area (TPSA) is 46.5 Å². The molecule has 3 nitrogen and oxygen atoms in total. The number of esters is 1. The molecule has 0 bridgehead atoms. The number of carbonyl (C=O) groups excluding carboxylic acids is 1. The second kappa shape index (κ2) is 7.59. The van der Waals surface area contributed by atoms with Crippen LogP contribution in [0.2, 0.25) is 0 Å². The first kappa shape index (κ1) is 24.8. The van der Waals surface area contributed by atoms with Crippen LogP contribution in [0.3, 0.4) is 0 Å². The zero-order valence-electron chi connectivity index (χ0n) is 23.0. The van der Waals surface area contributed by atoms with Gasteiger partial charge in [-0.15, -0.1) is 0 Å². The molecule has 0 aromatic rings. The van der Waals surface area contributed by atoms with Gasteiger partial charge in [0.1, 0.15) is 0 Å². The lowest BCUT2D eigenvalue weighted by molar-refractivity contribution is -0.248. The molecule has 10 atom stereocenters. The molecular formula is C31H50O3. The van der Waals surface area contributed by atoms with Crippen molar-refractivity contribution < 1.29 is 14.6 Å². The van der Waals surface area contributed by atoms with Gasteiger partial charge in [-0.3, -0.25) is 4.79 Å². The fourth-order valence-electron chi connectivity index (χ4n) is 11.7. The zero-order chi connectivity index (χ0) is 24.9. The Kier molecular flexibility index (Phi) is 5.55. The van der Waals surface area contributed by atoms with E-state index < -0.39 is 0 Å². The van der Waals surface area contributed by atoms with E-state index in [-0.39, 0.29) is 33.7 Å². The predicted octanol–water partition coefficient (Wildman–Crippen LogP) is 7.18. The van der Waals surface area contributed by atoms with E-state index in [2.05, 4.69) is 48.1 Å². The van der Waals surface area contributed by atoms with Gasteiger partial charge in [0.2, 0.25) is 0 Å². The van der Waals surface area contributed by atoms with Crippen molar-refractivity contribution in [1.29, 1.82) is 0 Å². The summed E-state index contributed by atoms with van der Waals surface area (Å²) in [7, 11) is 1.59. The Bertz CT molecular complexity index is 876. The van der Waals surface area contributed by atoms with E-state index in [1.165, 1.54) is 31.3 Å². The van der Waals surface area contributed by atoms with Crippen LogP contribution in [0, 0.1) is 56.7 Å². The maximum atomic E-state index is 13.3. The lowest BCUT2D eigenvalue weighted by Gasteiger charge is -2.72. The van der Waals surface area contributed by atoms with E-state index in [0.29, 0.717) is 35.0 Å². The van der Waals surface area contributed by atoms with Gasteiger partial charge in [-0.1, -0.05) is 46.8 Å². The van der Waals surface area contributed by atoms with Crippen LogP contribution in [-0.4, -0.2) is 24.3 Å². The highest BCUT2D eigenvalue weighted by Gasteiger charge is 2.72. The maximum absolute atomic E-state index is 13.3. The summed E-state index contributed by atoms with van der Waals surface area (Å²) < 4.78 is 5.49. The normalized spacial score (nSPS) is 53.6. The predicted molar refractivity (Wildman–Crippen MR) is 137 cm³/mol. The average Bonchev–Trinajstić information content (AvgIpc) is 3.18. The van der Waals surface area contributed by atoms with E-state index in [0.717, 1.165) is 38.5 Å². The molecule has 0 heterocycles.